The Bertz CT molecular complexity index is 369. The number of carbonyl (C=O) groups excluding carboxylic acids is 1. The number of ether oxygens (including phenoxy) is 1. The number of hydrogen-bond acceptors (Lipinski definition) is 2. The minimum absolute atomic E-state index is 0.220. The average molecular weight is 287 g/mol. The Morgan fingerprint density at radius 2 is 2.25 bits per heavy atom. The molecule has 4 nitrogen and oxygen atoms in total. The molecule has 1 aromatic carbocycles. The van der Waals surface area contributed by atoms with Crippen LogP contribution in [0.3, 0.4) is 0 Å². The maximum absolute atomic E-state index is 11.4. The van der Waals surface area contributed by atoms with Crippen molar-refractivity contribution in [2.24, 2.45) is 0 Å². The first kappa shape index (κ1) is 13.0. The van der Waals surface area contributed by atoms with Crippen LogP contribution in [0.1, 0.15) is 5.56 Å². The van der Waals surface area contributed by atoms with Crippen molar-refractivity contribution in [2.45, 2.75) is 6.92 Å². The summed E-state index contributed by atoms with van der Waals surface area (Å²) in [5.74, 6) is 0. The van der Waals surface area contributed by atoms with E-state index < -0.39 is 0 Å². The summed E-state index contributed by atoms with van der Waals surface area (Å²) < 4.78 is 5.83. The monoisotopic (exact) mass is 286 g/mol. The topological polar surface area (TPSA) is 50.4 Å². The molecule has 88 valence electrons. The molecule has 0 saturated carbocycles. The summed E-state index contributed by atoms with van der Waals surface area (Å²) in [5.41, 5.74) is 1.81. The molecule has 0 spiro atoms. The van der Waals surface area contributed by atoms with Gasteiger partial charge in [-0.15, -0.1) is 0 Å². The van der Waals surface area contributed by atoms with Crippen LogP contribution in [0.25, 0.3) is 0 Å². The Morgan fingerprint density at radius 1 is 1.50 bits per heavy atom. The van der Waals surface area contributed by atoms with Gasteiger partial charge in [-0.2, -0.15) is 0 Å². The molecule has 0 aliphatic heterocycles. The number of amides is 2. The summed E-state index contributed by atoms with van der Waals surface area (Å²) in [6.45, 7) is 2.94. The van der Waals surface area contributed by atoms with Gasteiger partial charge >= 0.3 is 6.03 Å². The Morgan fingerprint density at radius 3 is 2.88 bits per heavy atom. The molecular formula is C11H15BrN2O2. The fourth-order valence-electron chi connectivity index (χ4n) is 1.20. The van der Waals surface area contributed by atoms with Crippen molar-refractivity contribution in [2.75, 3.05) is 25.6 Å². The molecule has 1 rings (SSSR count). The van der Waals surface area contributed by atoms with Crippen LogP contribution >= 0.6 is 15.9 Å². The van der Waals surface area contributed by atoms with Gasteiger partial charge < -0.3 is 15.4 Å². The van der Waals surface area contributed by atoms with Gasteiger partial charge in [-0.25, -0.2) is 4.79 Å². The van der Waals surface area contributed by atoms with E-state index in [0.717, 1.165) is 15.7 Å². The molecule has 0 unspecified atom stereocenters. The zero-order valence-electron chi connectivity index (χ0n) is 9.34. The van der Waals surface area contributed by atoms with Crippen LogP contribution in [0.2, 0.25) is 0 Å². The molecule has 0 aliphatic rings. The van der Waals surface area contributed by atoms with Gasteiger partial charge in [0, 0.05) is 23.8 Å². The van der Waals surface area contributed by atoms with Crippen LogP contribution in [0.4, 0.5) is 10.5 Å². The smallest absolute Gasteiger partial charge is 0.319 e. The van der Waals surface area contributed by atoms with Crippen LogP contribution in [-0.2, 0) is 4.74 Å². The lowest BCUT2D eigenvalue weighted by atomic mass is 10.2. The standard InChI is InChI=1S/C11H15BrN2O2/c1-8-7-9(12)3-4-10(8)14-11(15)13-5-6-16-2/h3-4,7H,5-6H2,1-2H3,(H2,13,14,15). The molecule has 0 saturated heterocycles. The normalized spacial score (nSPS) is 9.94. The lowest BCUT2D eigenvalue weighted by Crippen LogP contribution is -2.31. The molecule has 0 fully saturated rings. The van der Waals surface area contributed by atoms with Crippen molar-refractivity contribution < 1.29 is 9.53 Å². The van der Waals surface area contributed by atoms with Crippen LogP contribution in [0.5, 0.6) is 0 Å². The number of carbonyl (C=O) groups is 1. The zero-order chi connectivity index (χ0) is 12.0. The second-order valence-corrected chi connectivity index (χ2v) is 4.25. The largest absolute Gasteiger partial charge is 0.383 e. The Balaban J connectivity index is 2.49. The van der Waals surface area contributed by atoms with E-state index >= 15 is 0 Å². The highest BCUT2D eigenvalue weighted by atomic mass is 79.9. The first-order valence-corrected chi connectivity index (χ1v) is 5.72. The highest BCUT2D eigenvalue weighted by molar-refractivity contribution is 9.10. The van der Waals surface area contributed by atoms with E-state index in [1.165, 1.54) is 0 Å². The maximum atomic E-state index is 11.4. The van der Waals surface area contributed by atoms with Crippen molar-refractivity contribution in [1.29, 1.82) is 0 Å². The quantitative estimate of drug-likeness (QED) is 0.836. The molecule has 1 aromatic rings. The molecule has 0 heterocycles. The van der Waals surface area contributed by atoms with Gasteiger partial charge in [0.2, 0.25) is 0 Å². The predicted octanol–water partition coefficient (Wildman–Crippen LogP) is 2.53. The number of methoxy groups -OCH3 is 1. The van der Waals surface area contributed by atoms with Crippen LogP contribution in [-0.4, -0.2) is 26.3 Å². The molecule has 2 amide bonds. The molecular weight excluding hydrogens is 272 g/mol. The molecule has 2 N–H and O–H groups in total. The summed E-state index contributed by atoms with van der Waals surface area (Å²) in [4.78, 5) is 11.4. The van der Waals surface area contributed by atoms with Crippen molar-refractivity contribution in [3.05, 3.63) is 28.2 Å². The Labute approximate surface area is 103 Å². The van der Waals surface area contributed by atoms with E-state index in [4.69, 9.17) is 4.74 Å². The van der Waals surface area contributed by atoms with E-state index in [-0.39, 0.29) is 6.03 Å². The lowest BCUT2D eigenvalue weighted by molar-refractivity contribution is 0.198. The third kappa shape index (κ3) is 4.20. The fourth-order valence-corrected chi connectivity index (χ4v) is 1.68. The number of urea groups is 1. The van der Waals surface area contributed by atoms with Gasteiger partial charge in [-0.1, -0.05) is 15.9 Å². The summed E-state index contributed by atoms with van der Waals surface area (Å²) in [5, 5.41) is 5.46. The SMILES string of the molecule is COCCNC(=O)Nc1ccc(Br)cc1C. The van der Waals surface area contributed by atoms with E-state index in [1.54, 1.807) is 7.11 Å². The fraction of sp³-hybridized carbons (Fsp3) is 0.364. The second kappa shape index (κ2) is 6.50. The number of nitrogens with one attached hydrogen (secondary N) is 2. The van der Waals surface area contributed by atoms with Crippen LogP contribution in [0, 0.1) is 6.92 Å². The van der Waals surface area contributed by atoms with Crippen molar-refractivity contribution in [3.63, 3.8) is 0 Å². The summed E-state index contributed by atoms with van der Waals surface area (Å²) in [6, 6.07) is 5.47. The van der Waals surface area contributed by atoms with Gasteiger partial charge in [0.15, 0.2) is 0 Å². The van der Waals surface area contributed by atoms with E-state index in [0.29, 0.717) is 13.2 Å². The first-order valence-electron chi connectivity index (χ1n) is 4.93. The second-order valence-electron chi connectivity index (χ2n) is 3.33. The molecule has 0 aromatic heterocycles. The third-order valence-electron chi connectivity index (χ3n) is 2.03. The number of aryl methyl sites for hydroxylation is 1. The van der Waals surface area contributed by atoms with E-state index in [2.05, 4.69) is 26.6 Å². The van der Waals surface area contributed by atoms with Gasteiger partial charge in [0.05, 0.1) is 6.61 Å². The van der Waals surface area contributed by atoms with Gasteiger partial charge in [-0.3, -0.25) is 0 Å². The number of halogens is 1. The van der Waals surface area contributed by atoms with Crippen molar-refractivity contribution in [3.8, 4) is 0 Å². The average Bonchev–Trinajstić information content (AvgIpc) is 2.23. The van der Waals surface area contributed by atoms with Crippen molar-refractivity contribution >= 4 is 27.6 Å². The van der Waals surface area contributed by atoms with Crippen LogP contribution < -0.4 is 10.6 Å². The van der Waals surface area contributed by atoms with Crippen LogP contribution in [0.15, 0.2) is 22.7 Å². The zero-order valence-corrected chi connectivity index (χ0v) is 10.9. The Hall–Kier alpha value is -1.07. The molecule has 16 heavy (non-hydrogen) atoms. The molecule has 0 aliphatic carbocycles. The van der Waals surface area contributed by atoms with Crippen molar-refractivity contribution in [1.82, 2.24) is 5.32 Å². The molecule has 0 radical (unpaired) electrons. The highest BCUT2D eigenvalue weighted by Crippen LogP contribution is 2.19. The minimum Gasteiger partial charge on any atom is -0.383 e. The number of anilines is 1. The highest BCUT2D eigenvalue weighted by Gasteiger charge is 2.03. The number of rotatable bonds is 4. The molecule has 5 heteroatoms. The van der Waals surface area contributed by atoms with Gasteiger partial charge in [0.25, 0.3) is 0 Å². The Kier molecular flexibility index (Phi) is 5.28. The van der Waals surface area contributed by atoms with Gasteiger partial charge in [0.1, 0.15) is 0 Å². The molecule has 0 bridgehead atoms. The van der Waals surface area contributed by atoms with Gasteiger partial charge in [-0.05, 0) is 30.7 Å². The maximum Gasteiger partial charge on any atom is 0.319 e. The van der Waals surface area contributed by atoms with E-state index in [9.17, 15) is 4.79 Å². The lowest BCUT2D eigenvalue weighted by Gasteiger charge is -2.09. The van der Waals surface area contributed by atoms with E-state index in [1.807, 2.05) is 25.1 Å². The number of benzene rings is 1. The predicted molar refractivity (Wildman–Crippen MR) is 67.8 cm³/mol. The summed E-state index contributed by atoms with van der Waals surface area (Å²) in [6.07, 6.45) is 0. The molecule has 0 atom stereocenters. The first-order chi connectivity index (χ1) is 7.63. The third-order valence-corrected chi connectivity index (χ3v) is 2.52. The summed E-state index contributed by atoms with van der Waals surface area (Å²) >= 11 is 3.37. The number of hydrogen-bond donors (Lipinski definition) is 2. The summed E-state index contributed by atoms with van der Waals surface area (Å²) in [7, 11) is 1.60. The minimum atomic E-state index is -0.220.